The van der Waals surface area contributed by atoms with E-state index < -0.39 is 5.97 Å². The number of carbonyl (C=O) groups is 1. The zero-order valence-corrected chi connectivity index (χ0v) is 18.2. The molecule has 0 atom stereocenters. The number of hydrazone groups is 1. The van der Waals surface area contributed by atoms with Crippen molar-refractivity contribution in [3.05, 3.63) is 54.0 Å². The lowest BCUT2D eigenvalue weighted by Gasteiger charge is -2.20. The minimum atomic E-state index is -0.554. The van der Waals surface area contributed by atoms with Gasteiger partial charge >= 0.3 is 5.97 Å². The fraction of sp³-hybridized carbons (Fsp3) is 0.348. The standard InChI is InChI=1S/C23H25N7O3/c31-20(19-9-6-14-32-19)33-18-8-5-7-17(15-18)16-24-28-21-25-22(29-10-1-2-11-29)27-23(26-21)30-12-3-4-13-30/h5-9,14-16H,1-4,10-13H2,(H,25,26,27,28)/b24-16-. The van der Waals surface area contributed by atoms with E-state index in [1.165, 1.54) is 6.26 Å². The predicted octanol–water partition coefficient (Wildman–Crippen LogP) is 3.33. The minimum absolute atomic E-state index is 0.146. The van der Waals surface area contributed by atoms with Crippen LogP contribution in [0, 0.1) is 0 Å². The van der Waals surface area contributed by atoms with Crippen LogP contribution in [0.25, 0.3) is 0 Å². The minimum Gasteiger partial charge on any atom is -0.457 e. The van der Waals surface area contributed by atoms with Crippen LogP contribution >= 0.6 is 0 Å². The van der Waals surface area contributed by atoms with Crippen molar-refractivity contribution in [2.75, 3.05) is 41.4 Å². The van der Waals surface area contributed by atoms with E-state index >= 15 is 0 Å². The molecule has 0 bridgehead atoms. The maximum Gasteiger partial charge on any atom is 0.379 e. The fourth-order valence-corrected chi connectivity index (χ4v) is 3.90. The summed E-state index contributed by atoms with van der Waals surface area (Å²) in [4.78, 5) is 30.3. The van der Waals surface area contributed by atoms with Crippen molar-refractivity contribution in [3.63, 3.8) is 0 Å². The van der Waals surface area contributed by atoms with Crippen LogP contribution in [-0.2, 0) is 0 Å². The second-order valence-corrected chi connectivity index (χ2v) is 7.96. The molecule has 5 rings (SSSR count). The normalized spacial score (nSPS) is 16.0. The monoisotopic (exact) mass is 447 g/mol. The van der Waals surface area contributed by atoms with Crippen LogP contribution < -0.4 is 20.0 Å². The van der Waals surface area contributed by atoms with Crippen LogP contribution in [-0.4, -0.2) is 53.3 Å². The smallest absolute Gasteiger partial charge is 0.379 e. The highest BCUT2D eigenvalue weighted by Crippen LogP contribution is 2.23. The first-order valence-corrected chi connectivity index (χ1v) is 11.2. The Hall–Kier alpha value is -3.95. The number of furan rings is 1. The Morgan fingerprint density at radius 2 is 1.67 bits per heavy atom. The van der Waals surface area contributed by atoms with Crippen LogP contribution in [0.4, 0.5) is 17.8 Å². The largest absolute Gasteiger partial charge is 0.457 e. The first kappa shape index (κ1) is 20.9. The van der Waals surface area contributed by atoms with Gasteiger partial charge in [-0.3, -0.25) is 0 Å². The molecule has 2 aliphatic heterocycles. The molecule has 0 aliphatic carbocycles. The summed E-state index contributed by atoms with van der Waals surface area (Å²) in [7, 11) is 0. The van der Waals surface area contributed by atoms with Crippen molar-refractivity contribution < 1.29 is 13.9 Å². The highest BCUT2D eigenvalue weighted by Gasteiger charge is 2.21. The van der Waals surface area contributed by atoms with Crippen molar-refractivity contribution in [1.82, 2.24) is 15.0 Å². The zero-order valence-electron chi connectivity index (χ0n) is 18.2. The number of nitrogens with zero attached hydrogens (tertiary/aromatic N) is 6. The van der Waals surface area contributed by atoms with Crippen molar-refractivity contribution in [1.29, 1.82) is 0 Å². The van der Waals surface area contributed by atoms with Gasteiger partial charge in [0.2, 0.25) is 23.6 Å². The molecule has 2 aromatic heterocycles. The molecule has 170 valence electrons. The van der Waals surface area contributed by atoms with E-state index in [1.807, 2.05) is 6.07 Å². The number of nitrogens with one attached hydrogen (secondary N) is 1. The summed E-state index contributed by atoms with van der Waals surface area (Å²) in [5.74, 6) is 1.77. The maximum atomic E-state index is 12.1. The first-order valence-electron chi connectivity index (χ1n) is 11.2. The molecule has 0 radical (unpaired) electrons. The number of anilines is 3. The summed E-state index contributed by atoms with van der Waals surface area (Å²) in [5.41, 5.74) is 3.69. The molecule has 1 aromatic carbocycles. The number of ether oxygens (including phenoxy) is 1. The molecule has 33 heavy (non-hydrogen) atoms. The van der Waals surface area contributed by atoms with Crippen LogP contribution in [0.5, 0.6) is 5.75 Å². The topological polar surface area (TPSA) is 109 Å². The Morgan fingerprint density at radius 3 is 2.30 bits per heavy atom. The number of hydrogen-bond donors (Lipinski definition) is 1. The van der Waals surface area contributed by atoms with Crippen molar-refractivity contribution in [3.8, 4) is 5.75 Å². The molecule has 1 N–H and O–H groups in total. The molecule has 0 unspecified atom stereocenters. The SMILES string of the molecule is O=C(Oc1cccc(/C=N\Nc2nc(N3CCCC3)nc(N3CCCC3)n2)c1)c1ccco1. The average molecular weight is 447 g/mol. The van der Waals surface area contributed by atoms with Crippen LogP contribution in [0.1, 0.15) is 41.8 Å². The molecule has 4 heterocycles. The highest BCUT2D eigenvalue weighted by atomic mass is 16.5. The lowest BCUT2D eigenvalue weighted by atomic mass is 10.2. The van der Waals surface area contributed by atoms with Crippen LogP contribution in [0.3, 0.4) is 0 Å². The molecular formula is C23H25N7O3. The van der Waals surface area contributed by atoms with Crippen LogP contribution in [0.15, 0.2) is 52.2 Å². The van der Waals surface area contributed by atoms with Gasteiger partial charge in [0.25, 0.3) is 0 Å². The van der Waals surface area contributed by atoms with Crippen LogP contribution in [0.2, 0.25) is 0 Å². The maximum absolute atomic E-state index is 12.1. The number of carbonyl (C=O) groups excluding carboxylic acids is 1. The first-order chi connectivity index (χ1) is 16.2. The quantitative estimate of drug-likeness (QED) is 0.252. The van der Waals surface area contributed by atoms with Gasteiger partial charge in [-0.2, -0.15) is 20.1 Å². The number of benzene rings is 1. The van der Waals surface area contributed by atoms with Crippen molar-refractivity contribution in [2.45, 2.75) is 25.7 Å². The summed E-state index contributed by atoms with van der Waals surface area (Å²) in [6, 6.07) is 10.2. The predicted molar refractivity (Wildman–Crippen MR) is 124 cm³/mol. The Bertz CT molecular complexity index is 1090. The summed E-state index contributed by atoms with van der Waals surface area (Å²) in [6.07, 6.45) is 7.63. The van der Waals surface area contributed by atoms with Gasteiger partial charge in [-0.1, -0.05) is 12.1 Å². The highest BCUT2D eigenvalue weighted by molar-refractivity contribution is 5.88. The van der Waals surface area contributed by atoms with Gasteiger partial charge < -0.3 is 19.0 Å². The van der Waals surface area contributed by atoms with Gasteiger partial charge in [0.1, 0.15) is 5.75 Å². The Kier molecular flexibility index (Phi) is 6.14. The van der Waals surface area contributed by atoms with E-state index in [-0.39, 0.29) is 5.76 Å². The van der Waals surface area contributed by atoms with E-state index in [4.69, 9.17) is 14.1 Å². The third-order valence-corrected chi connectivity index (χ3v) is 5.56. The molecule has 2 saturated heterocycles. The van der Waals surface area contributed by atoms with E-state index in [9.17, 15) is 4.79 Å². The summed E-state index contributed by atoms with van der Waals surface area (Å²) < 4.78 is 10.4. The third-order valence-electron chi connectivity index (χ3n) is 5.56. The van der Waals surface area contributed by atoms with Gasteiger partial charge in [0.05, 0.1) is 12.5 Å². The number of aromatic nitrogens is 3. The summed E-state index contributed by atoms with van der Waals surface area (Å²) >= 11 is 0. The van der Waals surface area contributed by atoms with E-state index in [0.29, 0.717) is 23.6 Å². The number of rotatable bonds is 7. The molecule has 3 aromatic rings. The second kappa shape index (κ2) is 9.68. The molecule has 0 amide bonds. The summed E-state index contributed by atoms with van der Waals surface area (Å²) in [6.45, 7) is 3.82. The van der Waals surface area contributed by atoms with Gasteiger partial charge in [-0.05, 0) is 55.5 Å². The van der Waals surface area contributed by atoms with E-state index in [0.717, 1.165) is 57.4 Å². The molecule has 10 heteroatoms. The Labute approximate surface area is 191 Å². The van der Waals surface area contributed by atoms with Gasteiger partial charge in [0.15, 0.2) is 0 Å². The molecule has 0 spiro atoms. The van der Waals surface area contributed by atoms with E-state index in [1.54, 1.807) is 36.5 Å². The lowest BCUT2D eigenvalue weighted by molar-refractivity contribution is 0.0701. The van der Waals surface area contributed by atoms with Gasteiger partial charge in [0, 0.05) is 26.2 Å². The van der Waals surface area contributed by atoms with E-state index in [2.05, 4.69) is 30.3 Å². The number of hydrogen-bond acceptors (Lipinski definition) is 10. The Morgan fingerprint density at radius 1 is 0.970 bits per heavy atom. The second-order valence-electron chi connectivity index (χ2n) is 7.96. The summed E-state index contributed by atoms with van der Waals surface area (Å²) in [5, 5.41) is 4.29. The number of esters is 1. The third kappa shape index (κ3) is 5.11. The van der Waals surface area contributed by atoms with Crippen molar-refractivity contribution >= 4 is 30.0 Å². The average Bonchev–Trinajstić information content (AvgIpc) is 3.63. The molecule has 2 fully saturated rings. The molecular weight excluding hydrogens is 422 g/mol. The van der Waals surface area contributed by atoms with Gasteiger partial charge in [-0.25, -0.2) is 10.2 Å². The zero-order chi connectivity index (χ0) is 22.5. The van der Waals surface area contributed by atoms with Crippen molar-refractivity contribution in [2.24, 2.45) is 5.10 Å². The fourth-order valence-electron chi connectivity index (χ4n) is 3.90. The Balaban J connectivity index is 1.29. The molecule has 10 nitrogen and oxygen atoms in total. The van der Waals surface area contributed by atoms with Gasteiger partial charge in [-0.15, -0.1) is 0 Å². The molecule has 0 saturated carbocycles. The molecule has 2 aliphatic rings. The lowest BCUT2D eigenvalue weighted by Crippen LogP contribution is -2.25.